The summed E-state index contributed by atoms with van der Waals surface area (Å²) in [7, 11) is 3.65. The van der Waals surface area contributed by atoms with Crippen molar-refractivity contribution in [3.63, 3.8) is 0 Å². The molecule has 0 aliphatic carbocycles. The highest BCUT2D eigenvalue weighted by atomic mass is 16.5. The first-order valence-electron chi connectivity index (χ1n) is 7.04. The fraction of sp³-hybridized carbons (Fsp3) is 0.235. The third kappa shape index (κ3) is 3.29. The van der Waals surface area contributed by atoms with E-state index in [1.54, 1.807) is 24.3 Å². The first-order valence-corrected chi connectivity index (χ1v) is 7.04. The van der Waals surface area contributed by atoms with Crippen LogP contribution in [0.2, 0.25) is 0 Å². The zero-order chi connectivity index (χ0) is 17.7. The zero-order valence-electron chi connectivity index (χ0n) is 13.5. The van der Waals surface area contributed by atoms with Crippen molar-refractivity contribution in [3.05, 3.63) is 59.4 Å². The number of hydrogen-bond acceptors (Lipinski definition) is 6. The Hall–Kier alpha value is -3.09. The van der Waals surface area contributed by atoms with E-state index in [0.29, 0.717) is 5.56 Å². The molecule has 0 unspecified atom stereocenters. The summed E-state index contributed by atoms with van der Waals surface area (Å²) in [5.74, 6) is -2.04. The van der Waals surface area contributed by atoms with Crippen LogP contribution in [-0.4, -0.2) is 44.3 Å². The van der Waals surface area contributed by atoms with Crippen LogP contribution in [0.25, 0.3) is 0 Å². The van der Waals surface area contributed by atoms with Crippen LogP contribution in [0.4, 0.5) is 4.79 Å². The molecule has 24 heavy (non-hydrogen) atoms. The summed E-state index contributed by atoms with van der Waals surface area (Å²) in [4.78, 5) is 37.3. The van der Waals surface area contributed by atoms with E-state index in [9.17, 15) is 14.4 Å². The maximum atomic E-state index is 12.2. The molecular formula is C17H17NO6. The van der Waals surface area contributed by atoms with Crippen LogP contribution >= 0.6 is 0 Å². The van der Waals surface area contributed by atoms with E-state index in [2.05, 4.69) is 4.74 Å². The first kappa shape index (κ1) is 17.3. The van der Waals surface area contributed by atoms with Gasteiger partial charge in [-0.3, -0.25) is 4.90 Å². The summed E-state index contributed by atoms with van der Waals surface area (Å²) >= 11 is 0. The Bertz CT molecular complexity index is 673. The summed E-state index contributed by atoms with van der Waals surface area (Å²) < 4.78 is 14.2. The molecule has 0 fully saturated rings. The molecule has 7 nitrogen and oxygen atoms in total. The van der Waals surface area contributed by atoms with Gasteiger partial charge in [-0.1, -0.05) is 30.3 Å². The Morgan fingerprint density at radius 3 is 1.75 bits per heavy atom. The third-order valence-corrected chi connectivity index (χ3v) is 3.54. The molecule has 0 saturated carbocycles. The molecular weight excluding hydrogens is 314 g/mol. The Morgan fingerprint density at radius 2 is 1.33 bits per heavy atom. The Kier molecular flexibility index (Phi) is 5.36. The number of esters is 2. The second kappa shape index (κ2) is 7.45. The molecule has 0 N–H and O–H groups in total. The summed E-state index contributed by atoms with van der Waals surface area (Å²) in [6.07, 6.45) is 1.84. The largest absolute Gasteiger partial charge is 0.466 e. The fourth-order valence-corrected chi connectivity index (χ4v) is 2.45. The predicted molar refractivity (Wildman–Crippen MR) is 83.6 cm³/mol. The van der Waals surface area contributed by atoms with Gasteiger partial charge in [0.05, 0.1) is 38.4 Å². The minimum atomic E-state index is -0.746. The van der Waals surface area contributed by atoms with Crippen LogP contribution in [0.3, 0.4) is 0 Å². The SMILES string of the molecule is COC(=O)C1=CN(C(=O)OC)C=C(C(=O)OC)C1c1ccccc1. The molecule has 1 aliphatic heterocycles. The average molecular weight is 331 g/mol. The van der Waals surface area contributed by atoms with Gasteiger partial charge in [-0.05, 0) is 5.56 Å². The average Bonchev–Trinajstić information content (AvgIpc) is 2.65. The smallest absolute Gasteiger partial charge is 0.417 e. The monoisotopic (exact) mass is 331 g/mol. The van der Waals surface area contributed by atoms with Crippen LogP contribution in [0.1, 0.15) is 11.5 Å². The second-order valence-corrected chi connectivity index (χ2v) is 4.87. The molecule has 0 spiro atoms. The van der Waals surface area contributed by atoms with Crippen LogP contribution in [0, 0.1) is 0 Å². The third-order valence-electron chi connectivity index (χ3n) is 3.54. The van der Waals surface area contributed by atoms with Crippen molar-refractivity contribution in [2.24, 2.45) is 0 Å². The van der Waals surface area contributed by atoms with Gasteiger partial charge in [0.1, 0.15) is 0 Å². The summed E-state index contributed by atoms with van der Waals surface area (Å²) in [5, 5.41) is 0. The lowest BCUT2D eigenvalue weighted by Gasteiger charge is -2.28. The lowest BCUT2D eigenvalue weighted by Crippen LogP contribution is -2.31. The van der Waals surface area contributed by atoms with Crippen molar-refractivity contribution in [2.45, 2.75) is 5.92 Å². The van der Waals surface area contributed by atoms with Gasteiger partial charge in [-0.2, -0.15) is 0 Å². The number of amides is 1. The summed E-state index contributed by atoms with van der Waals surface area (Å²) in [6.45, 7) is 0. The molecule has 1 aromatic rings. The van der Waals surface area contributed by atoms with Gasteiger partial charge >= 0.3 is 18.0 Å². The number of benzene rings is 1. The molecule has 2 rings (SSSR count). The first-order chi connectivity index (χ1) is 11.5. The molecule has 7 heteroatoms. The molecule has 0 atom stereocenters. The van der Waals surface area contributed by atoms with Gasteiger partial charge in [0.2, 0.25) is 0 Å². The lowest BCUT2D eigenvalue weighted by atomic mass is 9.83. The van der Waals surface area contributed by atoms with Gasteiger partial charge in [0.15, 0.2) is 0 Å². The van der Waals surface area contributed by atoms with Crippen LogP contribution in [0.15, 0.2) is 53.9 Å². The molecule has 0 saturated heterocycles. The minimum absolute atomic E-state index is 0.122. The van der Waals surface area contributed by atoms with E-state index in [0.717, 1.165) is 4.90 Å². The number of carbonyl (C=O) groups is 3. The molecule has 1 aliphatic rings. The Balaban J connectivity index is 2.61. The standard InChI is InChI=1S/C17H17NO6/c1-22-15(19)12-9-18(17(21)24-3)10-13(16(20)23-2)14(12)11-7-5-4-6-8-11/h4-10,14H,1-3H3. The van der Waals surface area contributed by atoms with Crippen molar-refractivity contribution in [1.82, 2.24) is 4.90 Å². The normalized spacial score (nSPS) is 14.4. The molecule has 126 valence electrons. The molecule has 0 aromatic heterocycles. The molecule has 0 bridgehead atoms. The highest BCUT2D eigenvalue weighted by Crippen LogP contribution is 2.37. The minimum Gasteiger partial charge on any atom is -0.466 e. The number of rotatable bonds is 3. The number of ether oxygens (including phenoxy) is 3. The van der Waals surface area contributed by atoms with Crippen molar-refractivity contribution in [2.75, 3.05) is 21.3 Å². The second-order valence-electron chi connectivity index (χ2n) is 4.87. The summed E-state index contributed by atoms with van der Waals surface area (Å²) in [6, 6.07) is 8.92. The maximum Gasteiger partial charge on any atom is 0.417 e. The van der Waals surface area contributed by atoms with E-state index in [1.165, 1.54) is 33.7 Å². The topological polar surface area (TPSA) is 82.1 Å². The van der Waals surface area contributed by atoms with Crippen molar-refractivity contribution < 1.29 is 28.6 Å². The highest BCUT2D eigenvalue weighted by molar-refractivity contribution is 5.99. The predicted octanol–water partition coefficient (Wildman–Crippen LogP) is 1.97. The van der Waals surface area contributed by atoms with Crippen molar-refractivity contribution >= 4 is 18.0 Å². The van der Waals surface area contributed by atoms with Gasteiger partial charge < -0.3 is 14.2 Å². The van der Waals surface area contributed by atoms with E-state index >= 15 is 0 Å². The molecule has 0 radical (unpaired) electrons. The van der Waals surface area contributed by atoms with Gasteiger partial charge in [0, 0.05) is 12.4 Å². The van der Waals surface area contributed by atoms with Crippen LogP contribution in [0.5, 0.6) is 0 Å². The van der Waals surface area contributed by atoms with Crippen molar-refractivity contribution in [3.8, 4) is 0 Å². The number of nitrogens with zero attached hydrogens (tertiary/aromatic N) is 1. The number of hydrogen-bond donors (Lipinski definition) is 0. The zero-order valence-corrected chi connectivity index (χ0v) is 13.5. The van der Waals surface area contributed by atoms with Gasteiger partial charge in [-0.25, -0.2) is 14.4 Å². The van der Waals surface area contributed by atoms with E-state index in [4.69, 9.17) is 9.47 Å². The molecule has 1 aromatic carbocycles. The van der Waals surface area contributed by atoms with Crippen molar-refractivity contribution in [1.29, 1.82) is 0 Å². The van der Waals surface area contributed by atoms with Crippen LogP contribution < -0.4 is 0 Å². The van der Waals surface area contributed by atoms with E-state index in [1.807, 2.05) is 6.07 Å². The number of carbonyl (C=O) groups excluding carboxylic acids is 3. The summed E-state index contributed by atoms with van der Waals surface area (Å²) in [5.41, 5.74) is 0.935. The van der Waals surface area contributed by atoms with Gasteiger partial charge in [-0.15, -0.1) is 0 Å². The van der Waals surface area contributed by atoms with E-state index < -0.39 is 23.9 Å². The molecule has 1 amide bonds. The highest BCUT2D eigenvalue weighted by Gasteiger charge is 2.36. The number of methoxy groups -OCH3 is 3. The maximum absolute atomic E-state index is 12.2. The quantitative estimate of drug-likeness (QED) is 0.622. The van der Waals surface area contributed by atoms with E-state index in [-0.39, 0.29) is 11.1 Å². The molecule has 1 heterocycles. The lowest BCUT2D eigenvalue weighted by molar-refractivity contribution is -0.137. The van der Waals surface area contributed by atoms with Gasteiger partial charge in [0.25, 0.3) is 0 Å². The van der Waals surface area contributed by atoms with Crippen LogP contribution in [-0.2, 0) is 23.8 Å². The Morgan fingerprint density at radius 1 is 0.833 bits per heavy atom. The Labute approximate surface area is 139 Å². The fourth-order valence-electron chi connectivity index (χ4n) is 2.45.